The van der Waals surface area contributed by atoms with Crippen LogP contribution < -0.4 is 15.6 Å². The van der Waals surface area contributed by atoms with Gasteiger partial charge in [-0.15, -0.1) is 0 Å². The zero-order chi connectivity index (χ0) is 14.7. The van der Waals surface area contributed by atoms with E-state index in [2.05, 4.69) is 20.9 Å². The van der Waals surface area contributed by atoms with Gasteiger partial charge in [0.05, 0.1) is 0 Å². The van der Waals surface area contributed by atoms with Gasteiger partial charge in [0.2, 0.25) is 0 Å². The molecule has 0 radical (unpaired) electrons. The summed E-state index contributed by atoms with van der Waals surface area (Å²) < 4.78 is 0.974. The first kappa shape index (κ1) is 14.4. The lowest BCUT2D eigenvalue weighted by Crippen LogP contribution is -2.73. The lowest BCUT2D eigenvalue weighted by Gasteiger charge is -2.15. The molecule has 1 aromatic rings. The van der Waals surface area contributed by atoms with Crippen LogP contribution in [0, 0.1) is 5.92 Å². The van der Waals surface area contributed by atoms with Crippen molar-refractivity contribution in [2.75, 3.05) is 0 Å². The van der Waals surface area contributed by atoms with Crippen molar-refractivity contribution in [1.82, 2.24) is 10.6 Å². The summed E-state index contributed by atoms with van der Waals surface area (Å²) >= 11 is 3.35. The van der Waals surface area contributed by atoms with Crippen molar-refractivity contribution in [1.29, 1.82) is 0 Å². The van der Waals surface area contributed by atoms with Crippen LogP contribution in [-0.2, 0) is 9.59 Å². The molecule has 1 aromatic carbocycles. The van der Waals surface area contributed by atoms with E-state index in [0.717, 1.165) is 10.0 Å². The number of rotatable bonds is 3. The number of benzene rings is 1. The second kappa shape index (κ2) is 5.96. The average molecular weight is 339 g/mol. The van der Waals surface area contributed by atoms with E-state index < -0.39 is 23.8 Å². The highest BCUT2D eigenvalue weighted by atomic mass is 79.9. The van der Waals surface area contributed by atoms with Crippen LogP contribution >= 0.6 is 15.9 Å². The highest BCUT2D eigenvalue weighted by molar-refractivity contribution is 9.10. The Morgan fingerprint density at radius 3 is 2.25 bits per heavy atom. The van der Waals surface area contributed by atoms with Crippen LogP contribution in [0.1, 0.15) is 18.5 Å². The van der Waals surface area contributed by atoms with Gasteiger partial charge in [-0.05, 0) is 12.1 Å². The third-order valence-electron chi connectivity index (χ3n) is 2.92. The molecule has 6 nitrogen and oxygen atoms in total. The van der Waals surface area contributed by atoms with Gasteiger partial charge in [0.25, 0.3) is 11.8 Å². The van der Waals surface area contributed by atoms with Crippen molar-refractivity contribution < 1.29 is 19.4 Å². The molecule has 0 unspecified atom stereocenters. The quantitative estimate of drug-likeness (QED) is 0.519. The normalized spacial score (nSPS) is 18.0. The molecule has 7 heteroatoms. The van der Waals surface area contributed by atoms with Crippen molar-refractivity contribution in [3.8, 4) is 0 Å². The van der Waals surface area contributed by atoms with Crippen molar-refractivity contribution in [3.63, 3.8) is 0 Å². The summed E-state index contributed by atoms with van der Waals surface area (Å²) in [6, 6.07) is 6.82. The summed E-state index contributed by atoms with van der Waals surface area (Å²) in [7, 11) is 0. The third-order valence-corrected chi connectivity index (χ3v) is 3.45. The number of amides is 4. The molecule has 0 aromatic heterocycles. The van der Waals surface area contributed by atoms with Crippen LogP contribution in [-0.4, -0.2) is 24.1 Å². The molecule has 0 aliphatic carbocycles. The number of urea groups is 1. The number of imide groups is 2. The number of barbiturate groups is 1. The molecule has 1 aliphatic heterocycles. The molecular weight excluding hydrogens is 326 g/mol. The smallest absolute Gasteiger partial charge is 0.277 e. The molecular formula is C13H13BrN3O3+. The maximum absolute atomic E-state index is 11.5. The van der Waals surface area contributed by atoms with Crippen molar-refractivity contribution in [3.05, 3.63) is 34.3 Å². The number of nitrogens with one attached hydrogen (secondary N) is 3. The minimum Gasteiger partial charge on any atom is -0.277 e. The predicted octanol–water partition coefficient (Wildman–Crippen LogP) is -0.356. The van der Waals surface area contributed by atoms with Gasteiger partial charge in [-0.2, -0.15) is 0 Å². The monoisotopic (exact) mass is 338 g/mol. The Balaban J connectivity index is 2.08. The van der Waals surface area contributed by atoms with Gasteiger partial charge in [-0.25, -0.2) is 9.79 Å². The summed E-state index contributed by atoms with van der Waals surface area (Å²) in [5, 5.41) is 4.09. The summed E-state index contributed by atoms with van der Waals surface area (Å²) in [6.07, 6.45) is 1.39. The second-order valence-electron chi connectivity index (χ2n) is 4.39. The van der Waals surface area contributed by atoms with Crippen molar-refractivity contribution in [2.45, 2.75) is 13.0 Å². The Morgan fingerprint density at radius 1 is 1.15 bits per heavy atom. The van der Waals surface area contributed by atoms with Crippen LogP contribution in [0.15, 0.2) is 28.7 Å². The van der Waals surface area contributed by atoms with Gasteiger partial charge < -0.3 is 0 Å². The molecule has 1 saturated heterocycles. The molecule has 3 N–H and O–H groups in total. The van der Waals surface area contributed by atoms with Crippen LogP contribution in [0.25, 0.3) is 0 Å². The molecule has 0 saturated carbocycles. The zero-order valence-electron chi connectivity index (χ0n) is 10.6. The van der Waals surface area contributed by atoms with Gasteiger partial charge in [0.1, 0.15) is 0 Å². The molecule has 1 heterocycles. The van der Waals surface area contributed by atoms with E-state index in [1.165, 1.54) is 6.21 Å². The van der Waals surface area contributed by atoms with Gasteiger partial charge in [-0.1, -0.05) is 28.1 Å². The van der Waals surface area contributed by atoms with Crippen LogP contribution in [0.2, 0.25) is 0 Å². The van der Waals surface area contributed by atoms with E-state index in [1.54, 1.807) is 0 Å². The SMILES string of the molecule is C[C@H]([NH+]=CC1C(=O)NC(=O)NC1=O)c1ccc(Br)cc1. The van der Waals surface area contributed by atoms with E-state index in [1.807, 2.05) is 41.8 Å². The fourth-order valence-corrected chi connectivity index (χ4v) is 2.03. The van der Waals surface area contributed by atoms with Gasteiger partial charge in [0, 0.05) is 17.0 Å². The first-order valence-electron chi connectivity index (χ1n) is 5.98. The summed E-state index contributed by atoms with van der Waals surface area (Å²) in [4.78, 5) is 37.0. The zero-order valence-corrected chi connectivity index (χ0v) is 12.2. The van der Waals surface area contributed by atoms with E-state index >= 15 is 0 Å². The Labute approximate surface area is 123 Å². The lowest BCUT2D eigenvalue weighted by molar-refractivity contribution is -0.501. The molecule has 1 atom stereocenters. The number of carbonyl (C=O) groups is 3. The number of hydrogen-bond acceptors (Lipinski definition) is 3. The van der Waals surface area contributed by atoms with Crippen LogP contribution in [0.3, 0.4) is 0 Å². The molecule has 1 fully saturated rings. The fraction of sp³-hybridized carbons (Fsp3) is 0.231. The highest BCUT2D eigenvalue weighted by Gasteiger charge is 2.35. The largest absolute Gasteiger partial charge is 0.328 e. The molecule has 0 spiro atoms. The van der Waals surface area contributed by atoms with E-state index in [9.17, 15) is 14.4 Å². The maximum Gasteiger partial charge on any atom is 0.328 e. The predicted molar refractivity (Wildman–Crippen MR) is 74.8 cm³/mol. The maximum atomic E-state index is 11.5. The van der Waals surface area contributed by atoms with E-state index in [-0.39, 0.29) is 6.04 Å². The Hall–Kier alpha value is -2.02. The Bertz CT molecular complexity index is 563. The lowest BCUT2D eigenvalue weighted by atomic mass is 10.1. The second-order valence-corrected chi connectivity index (χ2v) is 5.31. The number of carbonyl (C=O) groups excluding carboxylic acids is 3. The van der Waals surface area contributed by atoms with Crippen LogP contribution in [0.4, 0.5) is 4.79 Å². The molecule has 0 bridgehead atoms. The summed E-state index contributed by atoms with van der Waals surface area (Å²) in [5.41, 5.74) is 1.01. The first-order valence-corrected chi connectivity index (χ1v) is 6.77. The van der Waals surface area contributed by atoms with E-state index in [4.69, 9.17) is 0 Å². The molecule has 1 aliphatic rings. The van der Waals surface area contributed by atoms with Gasteiger partial charge >= 0.3 is 6.03 Å². The minimum atomic E-state index is -1.02. The van der Waals surface area contributed by atoms with Gasteiger partial charge in [-0.3, -0.25) is 20.2 Å². The molecule has 20 heavy (non-hydrogen) atoms. The number of hydrogen-bond donors (Lipinski definition) is 3. The molecule has 4 amide bonds. The Morgan fingerprint density at radius 2 is 1.70 bits per heavy atom. The molecule has 2 rings (SSSR count). The fourth-order valence-electron chi connectivity index (χ4n) is 1.77. The summed E-state index contributed by atoms with van der Waals surface area (Å²) in [6.45, 7) is 1.91. The number of halogens is 1. The minimum absolute atomic E-state index is 0.0682. The molecule has 104 valence electrons. The van der Waals surface area contributed by atoms with E-state index in [0.29, 0.717) is 0 Å². The van der Waals surface area contributed by atoms with Crippen LogP contribution in [0.5, 0.6) is 0 Å². The van der Waals surface area contributed by atoms with Gasteiger partial charge in [0.15, 0.2) is 18.2 Å². The van der Waals surface area contributed by atoms with Crippen molar-refractivity contribution in [2.24, 2.45) is 5.92 Å². The average Bonchev–Trinajstić information content (AvgIpc) is 2.38. The highest BCUT2D eigenvalue weighted by Crippen LogP contribution is 2.13. The summed E-state index contributed by atoms with van der Waals surface area (Å²) in [5.74, 6) is -2.28. The Kier molecular flexibility index (Phi) is 4.29. The van der Waals surface area contributed by atoms with Crippen molar-refractivity contribution >= 4 is 40.0 Å². The third kappa shape index (κ3) is 3.30. The topological polar surface area (TPSA) is 89.2 Å². The standard InChI is InChI=1S/C13H12BrN3O3/c1-7(8-2-4-9(14)5-3-8)15-6-10-11(18)16-13(20)17-12(10)19/h2-7,10H,1H3,(H2,16,17,18,19,20)/p+1/t7-/m0/s1. The first-order chi connectivity index (χ1) is 9.47.